The third kappa shape index (κ3) is 6.41. The molecule has 2 N–H and O–H groups in total. The van der Waals surface area contributed by atoms with Crippen LogP contribution < -0.4 is 20.1 Å². The molecule has 3 amide bonds. The number of benzene rings is 2. The maximum absolute atomic E-state index is 13.2. The van der Waals surface area contributed by atoms with E-state index >= 15 is 0 Å². The fourth-order valence-corrected chi connectivity index (χ4v) is 5.09. The maximum Gasteiger partial charge on any atom is 0.243 e. The first-order valence-electron chi connectivity index (χ1n) is 12.4. The predicted octanol–water partition coefficient (Wildman–Crippen LogP) is 1.65. The summed E-state index contributed by atoms with van der Waals surface area (Å²) >= 11 is 3.37. The Labute approximate surface area is 224 Å². The topological polar surface area (TPSA) is 103 Å². The molecule has 2 fully saturated rings. The number of hydrogen-bond acceptors (Lipinski definition) is 7. The molecule has 11 heteroatoms. The van der Waals surface area contributed by atoms with Crippen molar-refractivity contribution >= 4 is 39.3 Å². The molecule has 196 valence electrons. The van der Waals surface area contributed by atoms with Crippen molar-refractivity contribution in [2.24, 2.45) is 0 Å². The van der Waals surface area contributed by atoms with Crippen LogP contribution >= 0.6 is 15.9 Å². The number of nitrogens with zero attached hydrogens (tertiary/aromatic N) is 3. The Balaban J connectivity index is 1.11. The second-order valence-electron chi connectivity index (χ2n) is 9.39. The Kier molecular flexibility index (Phi) is 7.92. The number of halogens is 1. The smallest absolute Gasteiger partial charge is 0.243 e. The van der Waals surface area contributed by atoms with Gasteiger partial charge in [-0.05, 0) is 42.0 Å². The van der Waals surface area contributed by atoms with Crippen molar-refractivity contribution in [1.29, 1.82) is 0 Å². The van der Waals surface area contributed by atoms with Crippen LogP contribution in [0, 0.1) is 0 Å². The molecule has 0 saturated carbocycles. The Morgan fingerprint density at radius 1 is 0.973 bits per heavy atom. The summed E-state index contributed by atoms with van der Waals surface area (Å²) in [6.07, 6.45) is -0.0864. The number of fused-ring (bicyclic) bond motifs is 1. The number of nitrogens with one attached hydrogen (secondary N) is 2. The molecule has 0 unspecified atom stereocenters. The molecule has 1 atom stereocenters. The first-order chi connectivity index (χ1) is 17.9. The van der Waals surface area contributed by atoms with Crippen molar-refractivity contribution in [1.82, 2.24) is 20.0 Å². The van der Waals surface area contributed by atoms with Crippen molar-refractivity contribution < 1.29 is 23.9 Å². The van der Waals surface area contributed by atoms with Gasteiger partial charge in [0.15, 0.2) is 11.5 Å². The van der Waals surface area contributed by atoms with Crippen molar-refractivity contribution in [2.75, 3.05) is 57.9 Å². The Hall–Kier alpha value is -3.15. The molecule has 0 aromatic heterocycles. The van der Waals surface area contributed by atoms with Crippen molar-refractivity contribution in [2.45, 2.75) is 19.0 Å². The number of ether oxygens (including phenoxy) is 2. The largest absolute Gasteiger partial charge is 0.454 e. The Bertz CT molecular complexity index is 1150. The zero-order valence-electron chi connectivity index (χ0n) is 20.5. The van der Waals surface area contributed by atoms with Gasteiger partial charge < -0.3 is 25.0 Å². The van der Waals surface area contributed by atoms with Crippen molar-refractivity contribution in [3.05, 3.63) is 52.5 Å². The fourth-order valence-electron chi connectivity index (χ4n) is 4.82. The van der Waals surface area contributed by atoms with Gasteiger partial charge in [-0.3, -0.25) is 24.2 Å². The molecule has 2 aromatic rings. The standard InChI is InChI=1S/C26H30BrN5O5/c27-19-2-4-20(5-3-19)29-24(33)14-21-26(35)28-7-8-32(21)25(34)16-31-11-9-30(10-12-31)15-18-1-6-22-23(13-18)37-17-36-22/h1-6,13,21H,7-12,14-17H2,(H,28,35)(H,29,33)/t21-/m1/s1. The van der Waals surface area contributed by atoms with E-state index < -0.39 is 6.04 Å². The molecule has 3 aliphatic heterocycles. The number of rotatable bonds is 7. The van der Waals surface area contributed by atoms with E-state index in [-0.39, 0.29) is 37.5 Å². The summed E-state index contributed by atoms with van der Waals surface area (Å²) in [6.45, 7) is 5.26. The number of hydrogen-bond donors (Lipinski definition) is 2. The molecule has 2 saturated heterocycles. The molecule has 3 aliphatic rings. The summed E-state index contributed by atoms with van der Waals surface area (Å²) < 4.78 is 11.8. The lowest BCUT2D eigenvalue weighted by Gasteiger charge is -2.38. The molecular weight excluding hydrogens is 542 g/mol. The first-order valence-corrected chi connectivity index (χ1v) is 13.2. The van der Waals surface area contributed by atoms with E-state index in [1.165, 1.54) is 0 Å². The van der Waals surface area contributed by atoms with Gasteiger partial charge in [0.25, 0.3) is 0 Å². The lowest BCUT2D eigenvalue weighted by molar-refractivity contribution is -0.145. The zero-order valence-corrected chi connectivity index (χ0v) is 22.0. The normalized spacial score (nSPS) is 20.0. The quantitative estimate of drug-likeness (QED) is 0.521. The minimum atomic E-state index is -0.816. The van der Waals surface area contributed by atoms with Crippen LogP contribution in [0.5, 0.6) is 11.5 Å². The molecule has 5 rings (SSSR count). The predicted molar refractivity (Wildman–Crippen MR) is 140 cm³/mol. The van der Waals surface area contributed by atoms with E-state index in [0.29, 0.717) is 18.8 Å². The van der Waals surface area contributed by atoms with E-state index in [0.717, 1.165) is 54.3 Å². The third-order valence-electron chi connectivity index (χ3n) is 6.82. The van der Waals surface area contributed by atoms with Gasteiger partial charge in [-0.15, -0.1) is 0 Å². The van der Waals surface area contributed by atoms with Crippen LogP contribution in [0.4, 0.5) is 5.69 Å². The fraction of sp³-hybridized carbons (Fsp3) is 0.423. The molecule has 0 radical (unpaired) electrons. The molecular formula is C26H30BrN5O5. The van der Waals surface area contributed by atoms with Gasteiger partial charge in [0.2, 0.25) is 24.5 Å². The van der Waals surface area contributed by atoms with Crippen LogP contribution in [-0.2, 0) is 20.9 Å². The minimum absolute atomic E-state index is 0.0864. The van der Waals surface area contributed by atoms with Gasteiger partial charge in [-0.2, -0.15) is 0 Å². The summed E-state index contributed by atoms with van der Waals surface area (Å²) in [6, 6.07) is 12.4. The van der Waals surface area contributed by atoms with Crippen molar-refractivity contribution in [3.63, 3.8) is 0 Å². The minimum Gasteiger partial charge on any atom is -0.454 e. The zero-order chi connectivity index (χ0) is 25.8. The first kappa shape index (κ1) is 25.5. The summed E-state index contributed by atoms with van der Waals surface area (Å²) in [7, 11) is 0. The van der Waals surface area contributed by atoms with E-state index in [1.807, 2.05) is 24.3 Å². The van der Waals surface area contributed by atoms with Crippen LogP contribution in [-0.4, -0.2) is 91.1 Å². The highest BCUT2D eigenvalue weighted by atomic mass is 79.9. The van der Waals surface area contributed by atoms with Crippen LogP contribution in [0.3, 0.4) is 0 Å². The number of piperazine rings is 2. The van der Waals surface area contributed by atoms with Crippen LogP contribution in [0.2, 0.25) is 0 Å². The van der Waals surface area contributed by atoms with Crippen LogP contribution in [0.1, 0.15) is 12.0 Å². The summed E-state index contributed by atoms with van der Waals surface area (Å²) in [5, 5.41) is 5.59. The monoisotopic (exact) mass is 571 g/mol. The van der Waals surface area contributed by atoms with Gasteiger partial charge in [0.1, 0.15) is 6.04 Å². The SMILES string of the molecule is O=C(C[C@@H]1C(=O)NCCN1C(=O)CN1CCN(Cc2ccc3c(c2)OCO3)CC1)Nc1ccc(Br)cc1. The van der Waals surface area contributed by atoms with Gasteiger partial charge >= 0.3 is 0 Å². The number of carbonyl (C=O) groups is 3. The molecule has 37 heavy (non-hydrogen) atoms. The highest BCUT2D eigenvalue weighted by Gasteiger charge is 2.35. The summed E-state index contributed by atoms with van der Waals surface area (Å²) in [5.41, 5.74) is 1.80. The lowest BCUT2D eigenvalue weighted by atomic mass is 10.1. The van der Waals surface area contributed by atoms with Gasteiger partial charge in [-0.25, -0.2) is 0 Å². The number of amides is 3. The summed E-state index contributed by atoms with van der Waals surface area (Å²) in [4.78, 5) is 44.5. The molecule has 10 nitrogen and oxygen atoms in total. The van der Waals surface area contributed by atoms with Crippen LogP contribution in [0.15, 0.2) is 46.9 Å². The summed E-state index contributed by atoms with van der Waals surface area (Å²) in [5.74, 6) is 0.842. The highest BCUT2D eigenvalue weighted by Crippen LogP contribution is 2.32. The average molecular weight is 572 g/mol. The van der Waals surface area contributed by atoms with E-state index in [1.54, 1.807) is 17.0 Å². The Morgan fingerprint density at radius 3 is 2.49 bits per heavy atom. The average Bonchev–Trinajstić information content (AvgIpc) is 3.36. The Morgan fingerprint density at radius 2 is 1.70 bits per heavy atom. The second kappa shape index (κ2) is 11.5. The number of carbonyl (C=O) groups excluding carboxylic acids is 3. The molecule has 3 heterocycles. The van der Waals surface area contributed by atoms with E-state index in [2.05, 4.69) is 42.4 Å². The van der Waals surface area contributed by atoms with Gasteiger partial charge in [0, 0.05) is 56.0 Å². The highest BCUT2D eigenvalue weighted by molar-refractivity contribution is 9.10. The molecule has 0 aliphatic carbocycles. The van der Waals surface area contributed by atoms with Crippen LogP contribution in [0.25, 0.3) is 0 Å². The van der Waals surface area contributed by atoms with E-state index in [4.69, 9.17) is 9.47 Å². The lowest BCUT2D eigenvalue weighted by Crippen LogP contribution is -2.60. The van der Waals surface area contributed by atoms with E-state index in [9.17, 15) is 14.4 Å². The maximum atomic E-state index is 13.2. The third-order valence-corrected chi connectivity index (χ3v) is 7.35. The molecule has 0 bridgehead atoms. The molecule has 2 aromatic carbocycles. The van der Waals surface area contributed by atoms with Gasteiger partial charge in [0.05, 0.1) is 13.0 Å². The van der Waals surface area contributed by atoms with Crippen molar-refractivity contribution in [3.8, 4) is 11.5 Å². The second-order valence-corrected chi connectivity index (χ2v) is 10.3. The van der Waals surface area contributed by atoms with Gasteiger partial charge in [-0.1, -0.05) is 22.0 Å². The molecule has 0 spiro atoms. The number of anilines is 1.